The predicted molar refractivity (Wildman–Crippen MR) is 51.3 cm³/mol. The van der Waals surface area contributed by atoms with Gasteiger partial charge in [0.2, 0.25) is 0 Å². The summed E-state index contributed by atoms with van der Waals surface area (Å²) in [7, 11) is 3.58. The first kappa shape index (κ1) is 9.57. The predicted octanol–water partition coefficient (Wildman–Crippen LogP) is -0.378. The summed E-state index contributed by atoms with van der Waals surface area (Å²) < 4.78 is 1.50. The smallest absolute Gasteiger partial charge is 0.329 e. The van der Waals surface area contributed by atoms with E-state index in [1.807, 2.05) is 6.92 Å². The molecule has 5 nitrogen and oxygen atoms in total. The van der Waals surface area contributed by atoms with E-state index >= 15 is 0 Å². The lowest BCUT2D eigenvalue weighted by Crippen LogP contribution is -2.33. The van der Waals surface area contributed by atoms with Crippen LogP contribution in [0.1, 0.15) is 6.92 Å². The van der Waals surface area contributed by atoms with Crippen LogP contribution < -0.4 is 16.1 Å². The van der Waals surface area contributed by atoms with Crippen molar-refractivity contribution < 1.29 is 0 Å². The molecule has 0 atom stereocenters. The van der Waals surface area contributed by atoms with Gasteiger partial charge in [-0.1, -0.05) is 0 Å². The summed E-state index contributed by atoms with van der Waals surface area (Å²) in [6.45, 7) is 2.40. The molecule has 0 aliphatic heterocycles. The summed E-state index contributed by atoms with van der Waals surface area (Å²) in [4.78, 5) is 26.2. The number of aromatic amines is 1. The average Bonchev–Trinajstić information content (AvgIpc) is 2.02. The number of nitrogens with one attached hydrogen (secondary N) is 1. The molecule has 1 aromatic rings. The van der Waals surface area contributed by atoms with E-state index in [1.165, 1.54) is 10.6 Å². The molecule has 0 radical (unpaired) electrons. The van der Waals surface area contributed by atoms with Crippen LogP contribution in [0, 0.1) is 0 Å². The van der Waals surface area contributed by atoms with Crippen LogP contribution in [0.15, 0.2) is 15.7 Å². The maximum atomic E-state index is 11.3. The Labute approximate surface area is 75.6 Å². The molecule has 0 aromatic carbocycles. The minimum absolute atomic E-state index is 0.362. The van der Waals surface area contributed by atoms with Gasteiger partial charge in [-0.25, -0.2) is 4.79 Å². The van der Waals surface area contributed by atoms with Crippen LogP contribution in [0.5, 0.6) is 0 Å². The van der Waals surface area contributed by atoms with Crippen LogP contribution >= 0.6 is 0 Å². The Morgan fingerprint density at radius 1 is 1.46 bits per heavy atom. The fraction of sp³-hybridized carbons (Fsp3) is 0.500. The number of H-pyrrole nitrogens is 1. The van der Waals surface area contributed by atoms with Crippen LogP contribution in [0.25, 0.3) is 0 Å². The van der Waals surface area contributed by atoms with Crippen LogP contribution in [0.2, 0.25) is 0 Å². The molecule has 0 aliphatic carbocycles. The molecular formula is C8H13N3O2. The van der Waals surface area contributed by atoms with E-state index in [4.69, 9.17) is 0 Å². The van der Waals surface area contributed by atoms with E-state index in [-0.39, 0.29) is 11.2 Å². The molecule has 0 unspecified atom stereocenters. The van der Waals surface area contributed by atoms with Gasteiger partial charge in [-0.3, -0.25) is 14.3 Å². The second-order valence-corrected chi connectivity index (χ2v) is 2.94. The Balaban J connectivity index is 3.48. The van der Waals surface area contributed by atoms with E-state index in [0.29, 0.717) is 12.4 Å². The van der Waals surface area contributed by atoms with Crippen molar-refractivity contribution in [1.82, 2.24) is 9.55 Å². The van der Waals surface area contributed by atoms with E-state index in [9.17, 15) is 9.59 Å². The molecule has 1 N–H and O–H groups in total. The van der Waals surface area contributed by atoms with Gasteiger partial charge in [0.15, 0.2) is 0 Å². The zero-order valence-electron chi connectivity index (χ0n) is 8.00. The molecule has 0 fully saturated rings. The van der Waals surface area contributed by atoms with Crippen molar-refractivity contribution in [2.45, 2.75) is 13.5 Å². The van der Waals surface area contributed by atoms with Gasteiger partial charge in [0.05, 0.1) is 0 Å². The summed E-state index contributed by atoms with van der Waals surface area (Å²) in [5.74, 6) is 0.622. The number of rotatable bonds is 2. The van der Waals surface area contributed by atoms with Gasteiger partial charge in [-0.05, 0) is 6.92 Å². The average molecular weight is 183 g/mol. The van der Waals surface area contributed by atoms with Crippen molar-refractivity contribution in [2.75, 3.05) is 19.0 Å². The highest BCUT2D eigenvalue weighted by Gasteiger charge is 2.04. The monoisotopic (exact) mass is 183 g/mol. The van der Waals surface area contributed by atoms with Crippen molar-refractivity contribution in [2.24, 2.45) is 0 Å². The summed E-state index contributed by atoms with van der Waals surface area (Å²) >= 11 is 0. The third-order valence-electron chi connectivity index (χ3n) is 1.79. The van der Waals surface area contributed by atoms with Gasteiger partial charge in [-0.2, -0.15) is 0 Å². The molecule has 0 bridgehead atoms. The van der Waals surface area contributed by atoms with Gasteiger partial charge >= 0.3 is 5.69 Å². The molecule has 13 heavy (non-hydrogen) atoms. The number of anilines is 1. The number of aromatic nitrogens is 2. The number of nitrogens with zero attached hydrogens (tertiary/aromatic N) is 2. The van der Waals surface area contributed by atoms with Crippen LogP contribution in [-0.2, 0) is 6.54 Å². The maximum Gasteiger partial charge on any atom is 0.329 e. The lowest BCUT2D eigenvalue weighted by atomic mass is 10.5. The Morgan fingerprint density at radius 3 is 2.54 bits per heavy atom. The molecule has 72 valence electrons. The van der Waals surface area contributed by atoms with Crippen molar-refractivity contribution in [1.29, 1.82) is 0 Å². The Bertz CT molecular complexity index is 403. The van der Waals surface area contributed by atoms with Gasteiger partial charge in [-0.15, -0.1) is 0 Å². The van der Waals surface area contributed by atoms with Crippen LogP contribution in [-0.4, -0.2) is 23.6 Å². The van der Waals surface area contributed by atoms with Gasteiger partial charge in [0, 0.05) is 26.7 Å². The second-order valence-electron chi connectivity index (χ2n) is 2.94. The molecule has 0 spiro atoms. The molecule has 5 heteroatoms. The molecule has 1 aromatic heterocycles. The van der Waals surface area contributed by atoms with Crippen molar-refractivity contribution in [3.8, 4) is 0 Å². The van der Waals surface area contributed by atoms with Crippen molar-refractivity contribution in [3.05, 3.63) is 26.9 Å². The fourth-order valence-corrected chi connectivity index (χ4v) is 1.18. The summed E-state index contributed by atoms with van der Waals surface area (Å²) in [5, 5.41) is 0. The molecule has 1 rings (SSSR count). The topological polar surface area (TPSA) is 58.1 Å². The van der Waals surface area contributed by atoms with Crippen LogP contribution in [0.4, 0.5) is 5.82 Å². The first-order valence-corrected chi connectivity index (χ1v) is 4.07. The van der Waals surface area contributed by atoms with E-state index in [2.05, 4.69) is 4.98 Å². The van der Waals surface area contributed by atoms with E-state index < -0.39 is 0 Å². The summed E-state index contributed by atoms with van der Waals surface area (Å²) in [5.41, 5.74) is -0.725. The largest absolute Gasteiger partial charge is 0.364 e. The Kier molecular flexibility index (Phi) is 2.55. The second kappa shape index (κ2) is 3.47. The highest BCUT2D eigenvalue weighted by molar-refractivity contribution is 5.35. The maximum absolute atomic E-state index is 11.3. The minimum atomic E-state index is -0.363. The lowest BCUT2D eigenvalue weighted by molar-refractivity contribution is 0.685. The third-order valence-corrected chi connectivity index (χ3v) is 1.79. The summed E-state index contributed by atoms with van der Waals surface area (Å²) in [6, 6.07) is 1.41. The van der Waals surface area contributed by atoms with E-state index in [0.717, 1.165) is 0 Å². The zero-order chi connectivity index (χ0) is 10.0. The molecule has 0 aliphatic rings. The Hall–Kier alpha value is -1.52. The fourth-order valence-electron chi connectivity index (χ4n) is 1.18. The highest BCUT2D eigenvalue weighted by atomic mass is 16.2. The minimum Gasteiger partial charge on any atom is -0.364 e. The number of hydrogen-bond donors (Lipinski definition) is 1. The lowest BCUT2D eigenvalue weighted by Gasteiger charge is -2.16. The Morgan fingerprint density at radius 2 is 2.08 bits per heavy atom. The summed E-state index contributed by atoms with van der Waals surface area (Å²) in [6.07, 6.45) is 0. The molecule has 0 amide bonds. The normalized spacial score (nSPS) is 10.1. The SMILES string of the molecule is CCn1c(N(C)C)cc(=O)[nH]c1=O. The van der Waals surface area contributed by atoms with Crippen molar-refractivity contribution >= 4 is 5.82 Å². The highest BCUT2D eigenvalue weighted by Crippen LogP contribution is 2.03. The molecule has 1 heterocycles. The van der Waals surface area contributed by atoms with Gasteiger partial charge in [0.25, 0.3) is 5.56 Å². The zero-order valence-corrected chi connectivity index (χ0v) is 8.00. The standard InChI is InChI=1S/C8H13N3O2/c1-4-11-7(10(2)3)5-6(12)9-8(11)13/h5H,4H2,1-3H3,(H,9,12,13). The van der Waals surface area contributed by atoms with Gasteiger partial charge in [0.1, 0.15) is 5.82 Å². The van der Waals surface area contributed by atoms with Crippen molar-refractivity contribution in [3.63, 3.8) is 0 Å². The third kappa shape index (κ3) is 1.80. The molecule has 0 saturated carbocycles. The molecular weight excluding hydrogens is 170 g/mol. The first-order chi connectivity index (χ1) is 6.06. The first-order valence-electron chi connectivity index (χ1n) is 4.07. The van der Waals surface area contributed by atoms with Gasteiger partial charge < -0.3 is 4.90 Å². The molecule has 0 saturated heterocycles. The number of hydrogen-bond acceptors (Lipinski definition) is 3. The quantitative estimate of drug-likeness (QED) is 0.680. The van der Waals surface area contributed by atoms with E-state index in [1.54, 1.807) is 19.0 Å². The van der Waals surface area contributed by atoms with Crippen LogP contribution in [0.3, 0.4) is 0 Å².